The number of anilines is 1. The van der Waals surface area contributed by atoms with Crippen molar-refractivity contribution >= 4 is 5.69 Å². The molecule has 1 aliphatic heterocycles. The Bertz CT molecular complexity index is 454. The van der Waals surface area contributed by atoms with Gasteiger partial charge in [-0.05, 0) is 38.3 Å². The third-order valence-corrected chi connectivity index (χ3v) is 4.67. The minimum Gasteiger partial charge on any atom is -0.356 e. The average molecular weight is 241 g/mol. The lowest BCUT2D eigenvalue weighted by Crippen LogP contribution is -2.49. The lowest BCUT2D eigenvalue weighted by atomic mass is 9.81. The molecule has 1 fully saturated rings. The molecule has 0 unspecified atom stereocenters. The number of benzene rings is 1. The predicted molar refractivity (Wildman–Crippen MR) is 78.1 cm³/mol. The molecule has 1 saturated carbocycles. The number of aryl methyl sites for hydroxylation is 1. The van der Waals surface area contributed by atoms with Crippen LogP contribution in [0.2, 0.25) is 0 Å². The lowest BCUT2D eigenvalue weighted by molar-refractivity contribution is 0.339. The van der Waals surface area contributed by atoms with Gasteiger partial charge in [0.1, 0.15) is 0 Å². The Labute approximate surface area is 111 Å². The second-order valence-electron chi connectivity index (χ2n) is 5.92. The maximum atomic E-state index is 2.67. The van der Waals surface area contributed by atoms with Crippen molar-refractivity contribution in [2.75, 3.05) is 4.90 Å². The molecule has 1 heterocycles. The van der Waals surface area contributed by atoms with Crippen molar-refractivity contribution in [2.45, 2.75) is 57.5 Å². The van der Waals surface area contributed by atoms with Crippen LogP contribution < -0.4 is 4.90 Å². The van der Waals surface area contributed by atoms with Gasteiger partial charge in [-0.25, -0.2) is 0 Å². The Balaban J connectivity index is 2.01. The summed E-state index contributed by atoms with van der Waals surface area (Å²) in [5.41, 5.74) is 3.14. The van der Waals surface area contributed by atoms with Crippen molar-refractivity contribution in [3.8, 4) is 0 Å². The van der Waals surface area contributed by atoms with Gasteiger partial charge in [0, 0.05) is 11.7 Å². The van der Waals surface area contributed by atoms with Gasteiger partial charge in [0.25, 0.3) is 0 Å². The normalized spacial score (nSPS) is 25.9. The number of nitrogens with zero attached hydrogens (tertiary/aromatic N) is 1. The van der Waals surface area contributed by atoms with E-state index in [2.05, 4.69) is 55.2 Å². The molecule has 0 bridgehead atoms. The fraction of sp³-hybridized carbons (Fsp3) is 0.529. The van der Waals surface area contributed by atoms with Gasteiger partial charge >= 0.3 is 0 Å². The molecule has 1 spiro atoms. The topological polar surface area (TPSA) is 3.24 Å². The van der Waals surface area contributed by atoms with E-state index in [1.54, 1.807) is 0 Å². The highest BCUT2D eigenvalue weighted by Gasteiger charge is 2.41. The summed E-state index contributed by atoms with van der Waals surface area (Å²) in [7, 11) is 0. The molecule has 1 aliphatic carbocycles. The van der Waals surface area contributed by atoms with Crippen LogP contribution in [0.15, 0.2) is 36.4 Å². The monoisotopic (exact) mass is 241 g/mol. The van der Waals surface area contributed by atoms with Crippen LogP contribution in [0.1, 0.15) is 44.6 Å². The highest BCUT2D eigenvalue weighted by Crippen LogP contribution is 2.43. The molecule has 1 atom stereocenters. The summed E-state index contributed by atoms with van der Waals surface area (Å²) in [4.78, 5) is 2.67. The van der Waals surface area contributed by atoms with Gasteiger partial charge in [-0.1, -0.05) is 49.6 Å². The number of rotatable bonds is 1. The Hall–Kier alpha value is -1.24. The van der Waals surface area contributed by atoms with E-state index in [0.29, 0.717) is 11.6 Å². The quantitative estimate of drug-likeness (QED) is 0.656. The largest absolute Gasteiger partial charge is 0.356 e. The van der Waals surface area contributed by atoms with Gasteiger partial charge in [-0.2, -0.15) is 0 Å². The molecule has 1 aromatic carbocycles. The van der Waals surface area contributed by atoms with E-state index >= 15 is 0 Å². The van der Waals surface area contributed by atoms with Crippen molar-refractivity contribution in [2.24, 2.45) is 0 Å². The molecule has 0 aromatic heterocycles. The zero-order valence-corrected chi connectivity index (χ0v) is 11.5. The minimum atomic E-state index is 0.309. The molecular weight excluding hydrogens is 218 g/mol. The molecule has 3 rings (SSSR count). The summed E-state index contributed by atoms with van der Waals surface area (Å²) in [6.45, 7) is 4.56. The van der Waals surface area contributed by atoms with Crippen molar-refractivity contribution in [3.05, 3.63) is 42.0 Å². The average Bonchev–Trinajstić information content (AvgIpc) is 2.69. The van der Waals surface area contributed by atoms with Gasteiger partial charge in [0.15, 0.2) is 0 Å². The molecular formula is C17H23N. The second kappa shape index (κ2) is 4.46. The third kappa shape index (κ3) is 1.77. The van der Waals surface area contributed by atoms with Crippen LogP contribution in [-0.2, 0) is 0 Å². The van der Waals surface area contributed by atoms with Crippen LogP contribution in [0.25, 0.3) is 0 Å². The molecule has 0 amide bonds. The van der Waals surface area contributed by atoms with Crippen LogP contribution in [0.3, 0.4) is 0 Å². The number of hydrogen-bond acceptors (Lipinski definition) is 1. The van der Waals surface area contributed by atoms with E-state index in [1.807, 2.05) is 0 Å². The first-order valence-corrected chi connectivity index (χ1v) is 7.27. The first-order chi connectivity index (χ1) is 8.73. The highest BCUT2D eigenvalue weighted by atomic mass is 15.2. The van der Waals surface area contributed by atoms with E-state index < -0.39 is 0 Å². The molecule has 1 nitrogen and oxygen atoms in total. The predicted octanol–water partition coefficient (Wildman–Crippen LogP) is 4.46. The first kappa shape index (κ1) is 11.8. The molecule has 1 aromatic rings. The van der Waals surface area contributed by atoms with Gasteiger partial charge < -0.3 is 4.90 Å². The summed E-state index contributed by atoms with van der Waals surface area (Å²) in [6.07, 6.45) is 11.7. The molecule has 0 N–H and O–H groups in total. The van der Waals surface area contributed by atoms with E-state index in [1.165, 1.54) is 43.4 Å². The smallest absolute Gasteiger partial charge is 0.0591 e. The molecule has 18 heavy (non-hydrogen) atoms. The van der Waals surface area contributed by atoms with E-state index in [0.717, 1.165) is 0 Å². The Morgan fingerprint density at radius 2 is 1.83 bits per heavy atom. The van der Waals surface area contributed by atoms with E-state index in [-0.39, 0.29) is 0 Å². The molecule has 0 radical (unpaired) electrons. The number of hydrogen-bond donors (Lipinski definition) is 0. The van der Waals surface area contributed by atoms with Crippen molar-refractivity contribution in [1.29, 1.82) is 0 Å². The summed E-state index contributed by atoms with van der Waals surface area (Å²) in [5, 5.41) is 0. The van der Waals surface area contributed by atoms with Gasteiger partial charge in [0.05, 0.1) is 5.54 Å². The maximum absolute atomic E-state index is 2.67. The zero-order valence-electron chi connectivity index (χ0n) is 11.5. The summed E-state index contributed by atoms with van der Waals surface area (Å²) in [6, 6.07) is 9.36. The minimum absolute atomic E-state index is 0.309. The summed E-state index contributed by atoms with van der Waals surface area (Å²) >= 11 is 0. The molecule has 0 saturated heterocycles. The van der Waals surface area contributed by atoms with Gasteiger partial charge in [0.2, 0.25) is 0 Å². The third-order valence-electron chi connectivity index (χ3n) is 4.67. The van der Waals surface area contributed by atoms with Crippen molar-refractivity contribution in [3.63, 3.8) is 0 Å². The summed E-state index contributed by atoms with van der Waals surface area (Å²) in [5.74, 6) is 0. The van der Waals surface area contributed by atoms with Crippen LogP contribution >= 0.6 is 0 Å². The maximum Gasteiger partial charge on any atom is 0.0591 e. The zero-order chi connectivity index (χ0) is 12.6. The van der Waals surface area contributed by atoms with Crippen LogP contribution in [-0.4, -0.2) is 11.6 Å². The SMILES string of the molecule is Cc1ccccc1N1[C@@H](C)C=CC12CCCCC2. The van der Waals surface area contributed by atoms with Crippen molar-refractivity contribution < 1.29 is 0 Å². The summed E-state index contributed by atoms with van der Waals surface area (Å²) < 4.78 is 0. The molecule has 1 heteroatoms. The van der Waals surface area contributed by atoms with E-state index in [4.69, 9.17) is 0 Å². The van der Waals surface area contributed by atoms with Crippen LogP contribution in [0.4, 0.5) is 5.69 Å². The van der Waals surface area contributed by atoms with Crippen molar-refractivity contribution in [1.82, 2.24) is 0 Å². The molecule has 2 aliphatic rings. The van der Waals surface area contributed by atoms with Crippen LogP contribution in [0, 0.1) is 6.92 Å². The Morgan fingerprint density at radius 3 is 2.56 bits per heavy atom. The fourth-order valence-electron chi connectivity index (χ4n) is 3.75. The highest BCUT2D eigenvalue weighted by molar-refractivity contribution is 5.60. The standard InChI is InChI=1S/C17H23N/c1-14-8-4-5-9-16(14)18-15(2)10-13-17(18)11-6-3-7-12-17/h4-5,8-10,13,15H,3,6-7,11-12H2,1-2H3/t15-/m0/s1. The second-order valence-corrected chi connectivity index (χ2v) is 5.92. The van der Waals surface area contributed by atoms with Gasteiger partial charge in [-0.3, -0.25) is 0 Å². The van der Waals surface area contributed by atoms with E-state index in [9.17, 15) is 0 Å². The molecule has 96 valence electrons. The van der Waals surface area contributed by atoms with Gasteiger partial charge in [-0.15, -0.1) is 0 Å². The number of para-hydroxylation sites is 1. The first-order valence-electron chi connectivity index (χ1n) is 7.27. The Morgan fingerprint density at radius 1 is 1.11 bits per heavy atom. The Kier molecular flexibility index (Phi) is 2.93. The van der Waals surface area contributed by atoms with Crippen LogP contribution in [0.5, 0.6) is 0 Å². The lowest BCUT2D eigenvalue weighted by Gasteiger charge is -2.45. The fourth-order valence-corrected chi connectivity index (χ4v) is 3.75.